The second-order valence-corrected chi connectivity index (χ2v) is 6.18. The van der Waals surface area contributed by atoms with Crippen molar-refractivity contribution in [3.8, 4) is 0 Å². The Balaban J connectivity index is 1.80. The fraction of sp³-hybridized carbons (Fsp3) is 0.375. The molecule has 0 radical (unpaired) electrons. The Bertz CT molecular complexity index is 626. The minimum absolute atomic E-state index is 0.0288. The van der Waals surface area contributed by atoms with Crippen LogP contribution in [0, 0.1) is 6.92 Å². The third-order valence-corrected chi connectivity index (χ3v) is 4.58. The van der Waals surface area contributed by atoms with Gasteiger partial charge in [-0.3, -0.25) is 4.79 Å². The predicted molar refractivity (Wildman–Crippen MR) is 82.5 cm³/mol. The van der Waals surface area contributed by atoms with Gasteiger partial charge in [0.2, 0.25) is 0 Å². The second-order valence-electron chi connectivity index (χ2n) is 5.32. The molecule has 1 saturated heterocycles. The highest BCUT2D eigenvalue weighted by molar-refractivity contribution is 7.11. The van der Waals surface area contributed by atoms with Gasteiger partial charge in [0.1, 0.15) is 11.0 Å². The van der Waals surface area contributed by atoms with Crippen LogP contribution in [-0.4, -0.2) is 35.0 Å². The Hall–Kier alpha value is -1.72. The molecule has 0 aliphatic carbocycles. The molecule has 3 rings (SSSR count). The number of hydrogen-bond donors (Lipinski definition) is 0. The van der Waals surface area contributed by atoms with E-state index in [9.17, 15) is 4.79 Å². The molecule has 2 heterocycles. The van der Waals surface area contributed by atoms with Crippen molar-refractivity contribution in [3.05, 3.63) is 52.0 Å². The molecule has 0 N–H and O–H groups in total. The van der Waals surface area contributed by atoms with Crippen LogP contribution in [-0.2, 0) is 4.74 Å². The van der Waals surface area contributed by atoms with Gasteiger partial charge in [0.05, 0.1) is 23.9 Å². The molecule has 5 heteroatoms. The largest absolute Gasteiger partial charge is 0.367 e. The van der Waals surface area contributed by atoms with Crippen LogP contribution in [0.2, 0.25) is 0 Å². The monoisotopic (exact) mass is 302 g/mol. The first-order valence-electron chi connectivity index (χ1n) is 7.05. The van der Waals surface area contributed by atoms with E-state index in [2.05, 4.69) is 4.98 Å². The number of nitrogens with zero attached hydrogens (tertiary/aromatic N) is 2. The van der Waals surface area contributed by atoms with Gasteiger partial charge in [0.15, 0.2) is 0 Å². The maximum atomic E-state index is 12.6. The number of aromatic nitrogens is 1. The lowest BCUT2D eigenvalue weighted by Gasteiger charge is -2.37. The molecule has 1 aliphatic rings. The fourth-order valence-corrected chi connectivity index (χ4v) is 3.39. The minimum Gasteiger partial charge on any atom is -0.367 e. The molecule has 2 atom stereocenters. The van der Waals surface area contributed by atoms with Gasteiger partial charge in [-0.15, -0.1) is 11.3 Å². The zero-order chi connectivity index (χ0) is 14.8. The van der Waals surface area contributed by atoms with Gasteiger partial charge in [-0.1, -0.05) is 30.3 Å². The lowest BCUT2D eigenvalue weighted by molar-refractivity contribution is -0.0690. The number of carbonyl (C=O) groups excluding carboxylic acids is 1. The smallest absolute Gasteiger partial charge is 0.266 e. The molecule has 1 aromatic heterocycles. The number of benzene rings is 1. The average molecular weight is 302 g/mol. The molecule has 1 aliphatic heterocycles. The number of rotatable bonds is 2. The molecule has 2 unspecified atom stereocenters. The maximum Gasteiger partial charge on any atom is 0.266 e. The standard InChI is InChI=1S/C16H18N2O2S/c1-11-8-18(16(19)15-12(2)17-10-21-15)9-14(20-11)13-6-4-3-5-7-13/h3-7,10-11,14H,8-9H2,1-2H3. The van der Waals surface area contributed by atoms with E-state index < -0.39 is 0 Å². The van der Waals surface area contributed by atoms with Crippen LogP contribution in [0.1, 0.15) is 34.0 Å². The zero-order valence-corrected chi connectivity index (χ0v) is 13.0. The van der Waals surface area contributed by atoms with E-state index in [-0.39, 0.29) is 18.1 Å². The van der Waals surface area contributed by atoms with Crippen molar-refractivity contribution in [3.63, 3.8) is 0 Å². The number of hydrogen-bond acceptors (Lipinski definition) is 4. The van der Waals surface area contributed by atoms with Crippen LogP contribution >= 0.6 is 11.3 Å². The molecule has 0 bridgehead atoms. The van der Waals surface area contributed by atoms with Gasteiger partial charge < -0.3 is 9.64 Å². The number of thiazole rings is 1. The quantitative estimate of drug-likeness (QED) is 0.856. The van der Waals surface area contributed by atoms with E-state index >= 15 is 0 Å². The zero-order valence-electron chi connectivity index (χ0n) is 12.2. The highest BCUT2D eigenvalue weighted by atomic mass is 32.1. The summed E-state index contributed by atoms with van der Waals surface area (Å²) in [6.07, 6.45) is -0.0340. The summed E-state index contributed by atoms with van der Waals surface area (Å²) in [7, 11) is 0. The summed E-state index contributed by atoms with van der Waals surface area (Å²) >= 11 is 1.41. The summed E-state index contributed by atoms with van der Waals surface area (Å²) in [5.74, 6) is 0.0612. The molecular weight excluding hydrogens is 284 g/mol. The molecule has 4 nitrogen and oxygen atoms in total. The number of aryl methyl sites for hydroxylation is 1. The number of ether oxygens (including phenoxy) is 1. The second kappa shape index (κ2) is 5.95. The lowest BCUT2D eigenvalue weighted by Crippen LogP contribution is -2.45. The van der Waals surface area contributed by atoms with E-state index in [1.807, 2.05) is 49.1 Å². The van der Waals surface area contributed by atoms with Gasteiger partial charge in [0, 0.05) is 6.54 Å². The first kappa shape index (κ1) is 14.2. The van der Waals surface area contributed by atoms with E-state index in [4.69, 9.17) is 4.74 Å². The lowest BCUT2D eigenvalue weighted by atomic mass is 10.1. The van der Waals surface area contributed by atoms with Gasteiger partial charge in [-0.05, 0) is 19.4 Å². The Morgan fingerprint density at radius 2 is 2.10 bits per heavy atom. The SMILES string of the molecule is Cc1ncsc1C(=O)N1CC(C)OC(c2ccccc2)C1. The summed E-state index contributed by atoms with van der Waals surface area (Å²) in [6.45, 7) is 5.10. The Morgan fingerprint density at radius 3 is 2.76 bits per heavy atom. The predicted octanol–water partition coefficient (Wildman–Crippen LogP) is 3.05. The third-order valence-electron chi connectivity index (χ3n) is 3.66. The highest BCUT2D eigenvalue weighted by Crippen LogP contribution is 2.27. The molecular formula is C16H18N2O2S. The van der Waals surface area contributed by atoms with E-state index in [1.165, 1.54) is 11.3 Å². The summed E-state index contributed by atoms with van der Waals surface area (Å²) in [5, 5.41) is 0. The van der Waals surface area contributed by atoms with Gasteiger partial charge >= 0.3 is 0 Å². The van der Waals surface area contributed by atoms with Crippen molar-refractivity contribution in [2.24, 2.45) is 0 Å². The molecule has 2 aromatic rings. The van der Waals surface area contributed by atoms with Crippen LogP contribution in [0.5, 0.6) is 0 Å². The van der Waals surface area contributed by atoms with Gasteiger partial charge in [-0.25, -0.2) is 4.98 Å². The normalized spacial score (nSPS) is 22.3. The Morgan fingerprint density at radius 1 is 1.33 bits per heavy atom. The number of amides is 1. The van der Waals surface area contributed by atoms with Crippen LogP contribution < -0.4 is 0 Å². The summed E-state index contributed by atoms with van der Waals surface area (Å²) in [5.41, 5.74) is 3.64. The van der Waals surface area contributed by atoms with E-state index in [1.54, 1.807) is 5.51 Å². The van der Waals surface area contributed by atoms with Crippen molar-refractivity contribution in [1.29, 1.82) is 0 Å². The van der Waals surface area contributed by atoms with Crippen LogP contribution in [0.4, 0.5) is 0 Å². The first-order chi connectivity index (χ1) is 10.1. The molecule has 21 heavy (non-hydrogen) atoms. The summed E-state index contributed by atoms with van der Waals surface area (Å²) in [6, 6.07) is 10.1. The highest BCUT2D eigenvalue weighted by Gasteiger charge is 2.31. The van der Waals surface area contributed by atoms with Crippen molar-refractivity contribution in [2.75, 3.05) is 13.1 Å². The molecule has 1 aromatic carbocycles. The van der Waals surface area contributed by atoms with Crippen molar-refractivity contribution >= 4 is 17.2 Å². The van der Waals surface area contributed by atoms with Crippen molar-refractivity contribution in [2.45, 2.75) is 26.1 Å². The van der Waals surface area contributed by atoms with Crippen LogP contribution in [0.15, 0.2) is 35.8 Å². The Labute approximate surface area is 128 Å². The fourth-order valence-electron chi connectivity index (χ4n) is 2.62. The van der Waals surface area contributed by atoms with Gasteiger partial charge in [0.25, 0.3) is 5.91 Å². The number of carbonyl (C=O) groups is 1. The molecule has 1 amide bonds. The summed E-state index contributed by atoms with van der Waals surface area (Å²) < 4.78 is 5.99. The topological polar surface area (TPSA) is 42.4 Å². The van der Waals surface area contributed by atoms with E-state index in [0.29, 0.717) is 13.1 Å². The molecule has 0 spiro atoms. The average Bonchev–Trinajstić information content (AvgIpc) is 2.93. The Kier molecular flexibility index (Phi) is 4.03. The first-order valence-corrected chi connectivity index (χ1v) is 7.93. The minimum atomic E-state index is -0.0628. The van der Waals surface area contributed by atoms with Gasteiger partial charge in [-0.2, -0.15) is 0 Å². The maximum absolute atomic E-state index is 12.6. The number of morpholine rings is 1. The molecule has 110 valence electrons. The van der Waals surface area contributed by atoms with Crippen molar-refractivity contribution < 1.29 is 9.53 Å². The van der Waals surface area contributed by atoms with Crippen LogP contribution in [0.25, 0.3) is 0 Å². The third kappa shape index (κ3) is 2.99. The van der Waals surface area contributed by atoms with Crippen molar-refractivity contribution in [1.82, 2.24) is 9.88 Å². The van der Waals surface area contributed by atoms with Crippen LogP contribution in [0.3, 0.4) is 0 Å². The van der Waals surface area contributed by atoms with E-state index in [0.717, 1.165) is 16.1 Å². The molecule has 0 saturated carbocycles. The summed E-state index contributed by atoms with van der Waals surface area (Å²) in [4.78, 5) is 19.4. The molecule has 1 fully saturated rings.